The number of hydrogen-bond acceptors (Lipinski definition) is 4. The summed E-state index contributed by atoms with van der Waals surface area (Å²) in [6.07, 6.45) is 9.04. The van der Waals surface area contributed by atoms with E-state index in [4.69, 9.17) is 4.18 Å². The third-order valence-electron chi connectivity index (χ3n) is 5.49. The summed E-state index contributed by atoms with van der Waals surface area (Å²) in [5, 5.41) is 9.60. The summed E-state index contributed by atoms with van der Waals surface area (Å²) in [5.41, 5.74) is 1.83. The lowest BCUT2D eigenvalue weighted by molar-refractivity contribution is 0.0695. The van der Waals surface area contributed by atoms with Gasteiger partial charge in [-0.15, -0.1) is 0 Å². The summed E-state index contributed by atoms with van der Waals surface area (Å²) in [4.78, 5) is 0.316. The van der Waals surface area contributed by atoms with Gasteiger partial charge in [0.1, 0.15) is 0 Å². The Hall–Kier alpha value is -1.17. The zero-order valence-corrected chi connectivity index (χ0v) is 15.5. The molecule has 1 aromatic carbocycles. The van der Waals surface area contributed by atoms with E-state index in [1.54, 1.807) is 18.2 Å². The summed E-state index contributed by atoms with van der Waals surface area (Å²) in [7, 11) is -3.80. The van der Waals surface area contributed by atoms with Gasteiger partial charge in [-0.05, 0) is 61.6 Å². The average Bonchev–Trinajstić information content (AvgIpc) is 2.63. The second-order valence-corrected chi connectivity index (χ2v) is 8.86. The van der Waals surface area contributed by atoms with Crippen molar-refractivity contribution < 1.29 is 17.7 Å². The second kappa shape index (κ2) is 8.02. The molecule has 0 spiro atoms. The van der Waals surface area contributed by atoms with Gasteiger partial charge in [-0.1, -0.05) is 44.1 Å². The van der Waals surface area contributed by atoms with Crippen LogP contribution in [0.15, 0.2) is 29.7 Å². The summed E-state index contributed by atoms with van der Waals surface area (Å²) < 4.78 is 31.4. The van der Waals surface area contributed by atoms with E-state index < -0.39 is 10.1 Å². The molecule has 4 nitrogen and oxygen atoms in total. The van der Waals surface area contributed by atoms with Crippen molar-refractivity contribution in [2.45, 2.75) is 80.8 Å². The summed E-state index contributed by atoms with van der Waals surface area (Å²) >= 11 is 0. The van der Waals surface area contributed by atoms with Crippen LogP contribution in [0.4, 0.5) is 0 Å². The van der Waals surface area contributed by atoms with Crippen LogP contribution in [-0.4, -0.2) is 25.7 Å². The molecule has 138 valence electrons. The SMILES string of the molecule is C=Cc1ccc(S(=O)(=O)OC2CCC(O)CC2)c(C2CCCCC2)c1. The third-order valence-corrected chi connectivity index (χ3v) is 6.93. The minimum atomic E-state index is -3.80. The first-order valence-electron chi connectivity index (χ1n) is 9.37. The standard InChI is InChI=1S/C20H28O4S/c1-2-15-8-13-20(19(14-15)16-6-4-3-5-7-16)25(22,23)24-18-11-9-17(21)10-12-18/h2,8,13-14,16-18,21H,1,3-7,9-12H2. The molecule has 1 aromatic rings. The van der Waals surface area contributed by atoms with Crippen molar-refractivity contribution in [3.05, 3.63) is 35.9 Å². The molecule has 2 fully saturated rings. The molecule has 0 unspecified atom stereocenters. The van der Waals surface area contributed by atoms with Crippen molar-refractivity contribution in [2.24, 2.45) is 0 Å². The van der Waals surface area contributed by atoms with Crippen LogP contribution < -0.4 is 0 Å². The van der Waals surface area contributed by atoms with E-state index in [2.05, 4.69) is 6.58 Å². The molecule has 2 saturated carbocycles. The normalized spacial score (nSPS) is 25.6. The van der Waals surface area contributed by atoms with E-state index in [0.29, 0.717) is 30.6 Å². The Balaban J connectivity index is 1.87. The molecular weight excluding hydrogens is 336 g/mol. The van der Waals surface area contributed by atoms with E-state index in [1.165, 1.54) is 6.42 Å². The largest absolute Gasteiger partial charge is 0.393 e. The zero-order valence-electron chi connectivity index (χ0n) is 14.7. The van der Waals surface area contributed by atoms with Crippen LogP contribution in [-0.2, 0) is 14.3 Å². The number of aliphatic hydroxyl groups excluding tert-OH is 1. The van der Waals surface area contributed by atoms with E-state index >= 15 is 0 Å². The molecule has 2 aliphatic rings. The molecule has 0 bridgehead atoms. The van der Waals surface area contributed by atoms with Crippen molar-refractivity contribution in [1.82, 2.24) is 0 Å². The van der Waals surface area contributed by atoms with Crippen LogP contribution in [0.25, 0.3) is 6.08 Å². The van der Waals surface area contributed by atoms with Gasteiger partial charge in [0, 0.05) is 0 Å². The highest BCUT2D eigenvalue weighted by Gasteiger charge is 2.30. The van der Waals surface area contributed by atoms with Crippen molar-refractivity contribution in [1.29, 1.82) is 0 Å². The van der Waals surface area contributed by atoms with E-state index in [0.717, 1.165) is 36.8 Å². The second-order valence-electron chi connectivity index (χ2n) is 7.32. The molecule has 3 rings (SSSR count). The highest BCUT2D eigenvalue weighted by molar-refractivity contribution is 7.86. The van der Waals surface area contributed by atoms with Crippen molar-refractivity contribution in [3.63, 3.8) is 0 Å². The Kier molecular flexibility index (Phi) is 5.97. The predicted octanol–water partition coefficient (Wildman–Crippen LogP) is 4.39. The maximum absolute atomic E-state index is 12.9. The first kappa shape index (κ1) is 18.6. The first-order valence-corrected chi connectivity index (χ1v) is 10.8. The topological polar surface area (TPSA) is 63.6 Å². The monoisotopic (exact) mass is 364 g/mol. The third kappa shape index (κ3) is 4.52. The number of aliphatic hydroxyl groups is 1. The average molecular weight is 365 g/mol. The Morgan fingerprint density at radius 1 is 1.04 bits per heavy atom. The first-order chi connectivity index (χ1) is 12.0. The summed E-state index contributed by atoms with van der Waals surface area (Å²) in [6, 6.07) is 5.43. The van der Waals surface area contributed by atoms with Crippen molar-refractivity contribution in [3.8, 4) is 0 Å². The van der Waals surface area contributed by atoms with Gasteiger partial charge in [0.2, 0.25) is 0 Å². The van der Waals surface area contributed by atoms with E-state index in [-0.39, 0.29) is 18.1 Å². The molecule has 2 aliphatic carbocycles. The summed E-state index contributed by atoms with van der Waals surface area (Å²) in [6.45, 7) is 3.81. The highest BCUT2D eigenvalue weighted by atomic mass is 32.2. The fourth-order valence-corrected chi connectivity index (χ4v) is 5.43. The maximum atomic E-state index is 12.9. The van der Waals surface area contributed by atoms with Gasteiger partial charge in [0.05, 0.1) is 17.1 Å². The number of hydrogen-bond donors (Lipinski definition) is 1. The van der Waals surface area contributed by atoms with Crippen molar-refractivity contribution >= 4 is 16.2 Å². The quantitative estimate of drug-likeness (QED) is 0.787. The lowest BCUT2D eigenvalue weighted by Crippen LogP contribution is -2.27. The Labute approximate surface area is 151 Å². The lowest BCUT2D eigenvalue weighted by atomic mass is 9.83. The number of rotatable bonds is 5. The zero-order chi connectivity index (χ0) is 17.9. The molecule has 0 aliphatic heterocycles. The predicted molar refractivity (Wildman–Crippen MR) is 98.9 cm³/mol. The van der Waals surface area contributed by atoms with Gasteiger partial charge < -0.3 is 5.11 Å². The molecule has 0 atom stereocenters. The molecule has 1 N–H and O–H groups in total. The van der Waals surface area contributed by atoms with Gasteiger partial charge in [0.25, 0.3) is 10.1 Å². The minimum absolute atomic E-state index is 0.273. The Bertz CT molecular complexity index is 696. The highest BCUT2D eigenvalue weighted by Crippen LogP contribution is 2.38. The Morgan fingerprint density at radius 2 is 1.72 bits per heavy atom. The van der Waals surface area contributed by atoms with Gasteiger partial charge in [-0.2, -0.15) is 8.42 Å². The maximum Gasteiger partial charge on any atom is 0.297 e. The van der Waals surface area contributed by atoms with Gasteiger partial charge in [-0.25, -0.2) is 0 Å². The fraction of sp³-hybridized carbons (Fsp3) is 0.600. The van der Waals surface area contributed by atoms with Gasteiger partial charge in [0.15, 0.2) is 0 Å². The molecule has 0 saturated heterocycles. The summed E-state index contributed by atoms with van der Waals surface area (Å²) in [5.74, 6) is 0.273. The molecule has 0 amide bonds. The van der Waals surface area contributed by atoms with Gasteiger partial charge >= 0.3 is 0 Å². The van der Waals surface area contributed by atoms with E-state index in [9.17, 15) is 13.5 Å². The molecular formula is C20H28O4S. The van der Waals surface area contributed by atoms with Crippen LogP contribution in [0.2, 0.25) is 0 Å². The van der Waals surface area contributed by atoms with Gasteiger partial charge in [-0.3, -0.25) is 4.18 Å². The van der Waals surface area contributed by atoms with Crippen LogP contribution in [0.5, 0.6) is 0 Å². The lowest BCUT2D eigenvalue weighted by Gasteiger charge is -2.27. The smallest absolute Gasteiger partial charge is 0.297 e. The van der Waals surface area contributed by atoms with Crippen LogP contribution in [0, 0.1) is 0 Å². The number of benzene rings is 1. The molecule has 5 heteroatoms. The fourth-order valence-electron chi connectivity index (χ4n) is 4.03. The minimum Gasteiger partial charge on any atom is -0.393 e. The van der Waals surface area contributed by atoms with E-state index in [1.807, 2.05) is 6.07 Å². The van der Waals surface area contributed by atoms with Crippen LogP contribution >= 0.6 is 0 Å². The Morgan fingerprint density at radius 3 is 2.36 bits per heavy atom. The molecule has 0 radical (unpaired) electrons. The molecule has 25 heavy (non-hydrogen) atoms. The van der Waals surface area contributed by atoms with Crippen LogP contribution in [0.3, 0.4) is 0 Å². The van der Waals surface area contributed by atoms with Crippen LogP contribution in [0.1, 0.15) is 74.8 Å². The molecule has 0 aromatic heterocycles. The molecule has 0 heterocycles. The van der Waals surface area contributed by atoms with Crippen molar-refractivity contribution in [2.75, 3.05) is 0 Å².